The summed E-state index contributed by atoms with van der Waals surface area (Å²) in [6.07, 6.45) is 1.49. The standard InChI is InChI=1S/C10H23NO/c1-6-10(12-5)8-11(7-2)9(3)4/h9-10H,6-8H2,1-5H3. The first-order valence-corrected chi connectivity index (χ1v) is 4.92. The molecular weight excluding hydrogens is 150 g/mol. The molecule has 1 atom stereocenters. The second-order valence-electron chi connectivity index (χ2n) is 3.45. The molecule has 0 amide bonds. The molecule has 2 nitrogen and oxygen atoms in total. The molecule has 74 valence electrons. The van der Waals surface area contributed by atoms with Gasteiger partial charge in [-0.1, -0.05) is 13.8 Å². The van der Waals surface area contributed by atoms with Crippen LogP contribution in [0.15, 0.2) is 0 Å². The molecule has 0 rings (SSSR count). The molecule has 1 unspecified atom stereocenters. The largest absolute Gasteiger partial charge is 0.380 e. The predicted molar refractivity (Wildman–Crippen MR) is 53.5 cm³/mol. The SMILES string of the molecule is CCC(CN(CC)C(C)C)OC. The fourth-order valence-corrected chi connectivity index (χ4v) is 1.34. The highest BCUT2D eigenvalue weighted by Crippen LogP contribution is 2.04. The van der Waals surface area contributed by atoms with Crippen LogP contribution in [-0.2, 0) is 4.74 Å². The van der Waals surface area contributed by atoms with E-state index in [1.165, 1.54) is 0 Å². The number of hydrogen-bond acceptors (Lipinski definition) is 2. The lowest BCUT2D eigenvalue weighted by molar-refractivity contribution is 0.0532. The van der Waals surface area contributed by atoms with Crippen molar-refractivity contribution >= 4 is 0 Å². The van der Waals surface area contributed by atoms with Gasteiger partial charge in [-0.05, 0) is 26.8 Å². The summed E-state index contributed by atoms with van der Waals surface area (Å²) in [7, 11) is 1.79. The van der Waals surface area contributed by atoms with Crippen molar-refractivity contribution in [2.45, 2.75) is 46.3 Å². The molecule has 0 aromatic rings. The second-order valence-corrected chi connectivity index (χ2v) is 3.45. The molecule has 2 heteroatoms. The van der Waals surface area contributed by atoms with Crippen LogP contribution in [-0.4, -0.2) is 37.2 Å². The highest BCUT2D eigenvalue weighted by atomic mass is 16.5. The molecule has 0 aliphatic carbocycles. The molecule has 0 bridgehead atoms. The van der Waals surface area contributed by atoms with Crippen LogP contribution in [0.2, 0.25) is 0 Å². The third-order valence-corrected chi connectivity index (χ3v) is 2.36. The van der Waals surface area contributed by atoms with Crippen LogP contribution < -0.4 is 0 Å². The molecule has 0 saturated carbocycles. The zero-order chi connectivity index (χ0) is 9.56. The van der Waals surface area contributed by atoms with Gasteiger partial charge in [0.05, 0.1) is 6.10 Å². The van der Waals surface area contributed by atoms with Gasteiger partial charge in [0.1, 0.15) is 0 Å². The van der Waals surface area contributed by atoms with Gasteiger partial charge in [-0.2, -0.15) is 0 Å². The molecule has 0 N–H and O–H groups in total. The van der Waals surface area contributed by atoms with Gasteiger partial charge >= 0.3 is 0 Å². The van der Waals surface area contributed by atoms with Crippen molar-refractivity contribution in [3.8, 4) is 0 Å². The number of likely N-dealkylation sites (N-methyl/N-ethyl adjacent to an activating group) is 1. The van der Waals surface area contributed by atoms with Crippen LogP contribution in [0.1, 0.15) is 34.1 Å². The molecule has 12 heavy (non-hydrogen) atoms. The van der Waals surface area contributed by atoms with Crippen LogP contribution in [0.3, 0.4) is 0 Å². The fraction of sp³-hybridized carbons (Fsp3) is 1.00. The Hall–Kier alpha value is -0.0800. The maximum atomic E-state index is 5.34. The van der Waals surface area contributed by atoms with E-state index < -0.39 is 0 Å². The summed E-state index contributed by atoms with van der Waals surface area (Å²) in [4.78, 5) is 2.43. The van der Waals surface area contributed by atoms with Gasteiger partial charge in [0.25, 0.3) is 0 Å². The van der Waals surface area contributed by atoms with Crippen molar-refractivity contribution in [3.05, 3.63) is 0 Å². The van der Waals surface area contributed by atoms with Gasteiger partial charge in [0.15, 0.2) is 0 Å². The van der Waals surface area contributed by atoms with Gasteiger partial charge < -0.3 is 4.74 Å². The van der Waals surface area contributed by atoms with Crippen LogP contribution >= 0.6 is 0 Å². The molecule has 0 saturated heterocycles. The van der Waals surface area contributed by atoms with E-state index in [0.717, 1.165) is 19.5 Å². The maximum Gasteiger partial charge on any atom is 0.0695 e. The third-order valence-electron chi connectivity index (χ3n) is 2.36. The molecule has 0 aliphatic rings. The second kappa shape index (κ2) is 6.44. The molecule has 0 aromatic heterocycles. The molecule has 0 heterocycles. The zero-order valence-electron chi connectivity index (χ0n) is 9.13. The van der Waals surface area contributed by atoms with E-state index >= 15 is 0 Å². The zero-order valence-corrected chi connectivity index (χ0v) is 9.13. The summed E-state index contributed by atoms with van der Waals surface area (Å²) in [6, 6.07) is 0.624. The average Bonchev–Trinajstić information content (AvgIpc) is 2.06. The molecule has 0 fully saturated rings. The van der Waals surface area contributed by atoms with Crippen molar-refractivity contribution in [2.24, 2.45) is 0 Å². The number of hydrogen-bond donors (Lipinski definition) is 0. The maximum absolute atomic E-state index is 5.34. The van der Waals surface area contributed by atoms with Gasteiger partial charge in [-0.15, -0.1) is 0 Å². The van der Waals surface area contributed by atoms with E-state index in [4.69, 9.17) is 4.74 Å². The number of ether oxygens (including phenoxy) is 1. The predicted octanol–water partition coefficient (Wildman–Crippen LogP) is 2.14. The van der Waals surface area contributed by atoms with Crippen molar-refractivity contribution in [1.82, 2.24) is 4.90 Å². The molecule has 0 aromatic carbocycles. The monoisotopic (exact) mass is 173 g/mol. The molecule has 0 radical (unpaired) electrons. The Morgan fingerprint density at radius 2 is 1.83 bits per heavy atom. The Balaban J connectivity index is 3.82. The van der Waals surface area contributed by atoms with E-state index in [0.29, 0.717) is 12.1 Å². The minimum Gasteiger partial charge on any atom is -0.380 e. The van der Waals surface area contributed by atoms with Crippen molar-refractivity contribution < 1.29 is 4.74 Å². The van der Waals surface area contributed by atoms with E-state index in [-0.39, 0.29) is 0 Å². The molecule has 0 spiro atoms. The molecule has 0 aliphatic heterocycles. The van der Waals surface area contributed by atoms with Crippen molar-refractivity contribution in [2.75, 3.05) is 20.2 Å². The average molecular weight is 173 g/mol. The van der Waals surface area contributed by atoms with Gasteiger partial charge in [0.2, 0.25) is 0 Å². The lowest BCUT2D eigenvalue weighted by Crippen LogP contribution is -2.37. The van der Waals surface area contributed by atoms with E-state index in [1.54, 1.807) is 7.11 Å². The Labute approximate surface area is 76.9 Å². The topological polar surface area (TPSA) is 12.5 Å². The Morgan fingerprint density at radius 3 is 2.08 bits per heavy atom. The van der Waals surface area contributed by atoms with E-state index in [1.807, 2.05) is 0 Å². The Kier molecular flexibility index (Phi) is 6.39. The van der Waals surface area contributed by atoms with Gasteiger partial charge in [-0.3, -0.25) is 4.90 Å². The first kappa shape index (κ1) is 11.9. The minimum absolute atomic E-state index is 0.396. The first-order valence-electron chi connectivity index (χ1n) is 4.92. The number of rotatable bonds is 6. The smallest absolute Gasteiger partial charge is 0.0695 e. The lowest BCUT2D eigenvalue weighted by Gasteiger charge is -2.28. The lowest BCUT2D eigenvalue weighted by atomic mass is 10.2. The van der Waals surface area contributed by atoms with Crippen molar-refractivity contribution in [3.63, 3.8) is 0 Å². The first-order chi connectivity index (χ1) is 5.65. The quantitative estimate of drug-likeness (QED) is 0.610. The van der Waals surface area contributed by atoms with Gasteiger partial charge in [0, 0.05) is 19.7 Å². The summed E-state index contributed by atoms with van der Waals surface area (Å²) in [5, 5.41) is 0. The number of methoxy groups -OCH3 is 1. The minimum atomic E-state index is 0.396. The van der Waals surface area contributed by atoms with Gasteiger partial charge in [-0.25, -0.2) is 0 Å². The number of nitrogens with zero attached hydrogens (tertiary/aromatic N) is 1. The summed E-state index contributed by atoms with van der Waals surface area (Å²) < 4.78 is 5.34. The van der Waals surface area contributed by atoms with E-state index in [9.17, 15) is 0 Å². The summed E-state index contributed by atoms with van der Waals surface area (Å²) >= 11 is 0. The Morgan fingerprint density at radius 1 is 1.25 bits per heavy atom. The summed E-state index contributed by atoms with van der Waals surface area (Å²) in [6.45, 7) is 11.0. The van der Waals surface area contributed by atoms with Crippen LogP contribution in [0.4, 0.5) is 0 Å². The summed E-state index contributed by atoms with van der Waals surface area (Å²) in [5.74, 6) is 0. The van der Waals surface area contributed by atoms with E-state index in [2.05, 4.69) is 32.6 Å². The van der Waals surface area contributed by atoms with Crippen LogP contribution in [0, 0.1) is 0 Å². The normalized spacial score (nSPS) is 14.2. The highest BCUT2D eigenvalue weighted by molar-refractivity contribution is 4.66. The summed E-state index contributed by atoms with van der Waals surface area (Å²) in [5.41, 5.74) is 0. The Bertz CT molecular complexity index is 100. The van der Waals surface area contributed by atoms with Crippen LogP contribution in [0.25, 0.3) is 0 Å². The third kappa shape index (κ3) is 4.07. The van der Waals surface area contributed by atoms with Crippen molar-refractivity contribution in [1.29, 1.82) is 0 Å². The van der Waals surface area contributed by atoms with Crippen LogP contribution in [0.5, 0.6) is 0 Å². The molecular formula is C10H23NO. The highest BCUT2D eigenvalue weighted by Gasteiger charge is 2.12. The fourth-order valence-electron chi connectivity index (χ4n) is 1.34.